The van der Waals surface area contributed by atoms with E-state index in [4.69, 9.17) is 4.74 Å². The Bertz CT molecular complexity index is 297. The fraction of sp³-hybridized carbons (Fsp3) is 0.857. The summed E-state index contributed by atoms with van der Waals surface area (Å²) in [5.41, 5.74) is 1.56. The molecule has 2 rings (SSSR count). The lowest BCUT2D eigenvalue weighted by Gasteiger charge is -2.35. The van der Waals surface area contributed by atoms with E-state index in [1.165, 1.54) is 12.0 Å². The van der Waals surface area contributed by atoms with Crippen LogP contribution in [0.1, 0.15) is 40.5 Å². The van der Waals surface area contributed by atoms with E-state index in [9.17, 15) is 0 Å². The first-order valence-corrected chi connectivity index (χ1v) is 6.73. The van der Waals surface area contributed by atoms with Gasteiger partial charge in [-0.25, -0.2) is 0 Å². The lowest BCUT2D eigenvalue weighted by molar-refractivity contribution is -0.0584. The van der Waals surface area contributed by atoms with E-state index in [2.05, 4.69) is 42.1 Å². The van der Waals surface area contributed by atoms with Gasteiger partial charge >= 0.3 is 0 Å². The number of hydrogen-bond acceptors (Lipinski definition) is 1. The summed E-state index contributed by atoms with van der Waals surface area (Å²) in [5.74, 6) is 2.71. The highest BCUT2D eigenvalue weighted by Crippen LogP contribution is 2.59. The van der Waals surface area contributed by atoms with Crippen molar-refractivity contribution in [2.45, 2.75) is 52.1 Å². The van der Waals surface area contributed by atoms with Crippen LogP contribution in [0.3, 0.4) is 0 Å². The molecule has 2 heteroatoms. The molecular formula is C14H25BO. The summed E-state index contributed by atoms with van der Waals surface area (Å²) in [6.07, 6.45) is 2.29. The van der Waals surface area contributed by atoms with Crippen molar-refractivity contribution in [2.75, 3.05) is 0 Å². The van der Waals surface area contributed by atoms with Crippen molar-refractivity contribution < 1.29 is 4.74 Å². The van der Waals surface area contributed by atoms with Gasteiger partial charge < -0.3 is 4.74 Å². The van der Waals surface area contributed by atoms with E-state index in [0.717, 1.165) is 6.42 Å². The molecule has 1 heterocycles. The van der Waals surface area contributed by atoms with Gasteiger partial charge in [0.15, 0.2) is 0 Å². The SMILES string of the molecule is B[C@@H]1OC2(CC(C)C)CC(=C)C1[C@@H]2C(C)C. The van der Waals surface area contributed by atoms with Crippen molar-refractivity contribution in [3.8, 4) is 0 Å². The minimum Gasteiger partial charge on any atom is -0.380 e. The average molecular weight is 220 g/mol. The van der Waals surface area contributed by atoms with Crippen LogP contribution < -0.4 is 0 Å². The van der Waals surface area contributed by atoms with Crippen LogP contribution in [0.4, 0.5) is 0 Å². The van der Waals surface area contributed by atoms with Crippen molar-refractivity contribution in [3.05, 3.63) is 12.2 Å². The Morgan fingerprint density at radius 1 is 1.44 bits per heavy atom. The second-order valence-electron chi connectivity index (χ2n) is 6.62. The van der Waals surface area contributed by atoms with Gasteiger partial charge in [0.25, 0.3) is 0 Å². The van der Waals surface area contributed by atoms with E-state index < -0.39 is 0 Å². The number of rotatable bonds is 3. The highest BCUT2D eigenvalue weighted by atomic mass is 16.5. The van der Waals surface area contributed by atoms with Gasteiger partial charge in [-0.3, -0.25) is 0 Å². The molecule has 0 aromatic heterocycles. The molecule has 4 atom stereocenters. The summed E-state index contributed by atoms with van der Waals surface area (Å²) >= 11 is 0. The largest absolute Gasteiger partial charge is 0.380 e. The third kappa shape index (κ3) is 1.66. The van der Waals surface area contributed by atoms with E-state index in [1.54, 1.807) is 0 Å². The first kappa shape index (κ1) is 12.2. The second-order valence-corrected chi connectivity index (χ2v) is 6.62. The average Bonchev–Trinajstić information content (AvgIpc) is 2.49. The van der Waals surface area contributed by atoms with Crippen molar-refractivity contribution in [1.82, 2.24) is 0 Å². The van der Waals surface area contributed by atoms with Crippen LogP contribution in [0.15, 0.2) is 12.2 Å². The number of ether oxygens (including phenoxy) is 1. The first-order chi connectivity index (χ1) is 7.37. The molecule has 90 valence electrons. The van der Waals surface area contributed by atoms with Gasteiger partial charge in [-0.05, 0) is 30.6 Å². The highest BCUT2D eigenvalue weighted by molar-refractivity contribution is 6.11. The molecule has 2 fully saturated rings. The van der Waals surface area contributed by atoms with Gasteiger partial charge in [0.1, 0.15) is 7.85 Å². The summed E-state index contributed by atoms with van der Waals surface area (Å²) in [6, 6.07) is 0.382. The van der Waals surface area contributed by atoms with Crippen LogP contribution in [0.25, 0.3) is 0 Å². The predicted octanol–water partition coefficient (Wildman–Crippen LogP) is 2.61. The smallest absolute Gasteiger partial charge is 0.140 e. The summed E-state index contributed by atoms with van der Waals surface area (Å²) in [6.45, 7) is 13.6. The molecule has 0 aromatic rings. The molecule has 2 bridgehead atoms. The van der Waals surface area contributed by atoms with Crippen molar-refractivity contribution in [2.24, 2.45) is 23.7 Å². The van der Waals surface area contributed by atoms with E-state index in [1.807, 2.05) is 0 Å². The maximum absolute atomic E-state index is 6.34. The Morgan fingerprint density at radius 3 is 2.50 bits per heavy atom. The number of hydrogen-bond donors (Lipinski definition) is 0. The molecular weight excluding hydrogens is 195 g/mol. The molecule has 0 N–H and O–H groups in total. The minimum atomic E-state index is 0.115. The van der Waals surface area contributed by atoms with Crippen LogP contribution in [0.2, 0.25) is 0 Å². The molecule has 0 radical (unpaired) electrons. The molecule has 16 heavy (non-hydrogen) atoms. The lowest BCUT2D eigenvalue weighted by Crippen LogP contribution is -2.37. The first-order valence-electron chi connectivity index (χ1n) is 6.73. The van der Waals surface area contributed by atoms with Crippen LogP contribution in [0, 0.1) is 23.7 Å². The highest BCUT2D eigenvalue weighted by Gasteiger charge is 2.60. The fourth-order valence-electron chi connectivity index (χ4n) is 4.36. The fourth-order valence-corrected chi connectivity index (χ4v) is 4.36. The molecule has 1 saturated carbocycles. The van der Waals surface area contributed by atoms with E-state index >= 15 is 0 Å². The van der Waals surface area contributed by atoms with Crippen LogP contribution >= 0.6 is 0 Å². The van der Waals surface area contributed by atoms with Gasteiger partial charge in [0.2, 0.25) is 0 Å². The predicted molar refractivity (Wildman–Crippen MR) is 71.2 cm³/mol. The molecule has 2 unspecified atom stereocenters. The topological polar surface area (TPSA) is 9.23 Å². The third-order valence-corrected chi connectivity index (χ3v) is 4.39. The second kappa shape index (κ2) is 3.91. The zero-order chi connectivity index (χ0) is 12.1. The molecule has 1 saturated heterocycles. The van der Waals surface area contributed by atoms with Crippen LogP contribution in [-0.2, 0) is 4.74 Å². The third-order valence-electron chi connectivity index (χ3n) is 4.39. The van der Waals surface area contributed by atoms with Crippen LogP contribution in [-0.4, -0.2) is 19.5 Å². The Labute approximate surface area is 101 Å². The maximum atomic E-state index is 6.34. The molecule has 1 aliphatic carbocycles. The zero-order valence-electron chi connectivity index (χ0n) is 11.4. The molecule has 0 amide bonds. The molecule has 2 aliphatic rings. The van der Waals surface area contributed by atoms with Gasteiger partial charge in [-0.15, -0.1) is 0 Å². The quantitative estimate of drug-likeness (QED) is 0.524. The van der Waals surface area contributed by atoms with Gasteiger partial charge in [-0.1, -0.05) is 39.8 Å². The normalized spacial score (nSPS) is 42.6. The molecule has 1 nitrogen and oxygen atoms in total. The van der Waals surface area contributed by atoms with Crippen molar-refractivity contribution in [3.63, 3.8) is 0 Å². The summed E-state index contributed by atoms with van der Waals surface area (Å²) in [5, 5.41) is 0. The van der Waals surface area contributed by atoms with Gasteiger partial charge in [0, 0.05) is 11.9 Å². The van der Waals surface area contributed by atoms with Crippen LogP contribution in [0.5, 0.6) is 0 Å². The van der Waals surface area contributed by atoms with E-state index in [-0.39, 0.29) is 5.60 Å². The minimum absolute atomic E-state index is 0.115. The Kier molecular flexibility index (Phi) is 2.98. The van der Waals surface area contributed by atoms with Crippen molar-refractivity contribution in [1.29, 1.82) is 0 Å². The van der Waals surface area contributed by atoms with Crippen molar-refractivity contribution >= 4 is 7.85 Å². The van der Waals surface area contributed by atoms with Gasteiger partial charge in [-0.2, -0.15) is 0 Å². The Balaban J connectivity index is 2.31. The molecule has 0 spiro atoms. The Morgan fingerprint density at radius 2 is 2.06 bits per heavy atom. The summed E-state index contributed by atoms with van der Waals surface area (Å²) < 4.78 is 6.34. The lowest BCUT2D eigenvalue weighted by atomic mass is 9.73. The molecule has 0 aromatic carbocycles. The Hall–Kier alpha value is -0.235. The monoisotopic (exact) mass is 220 g/mol. The molecule has 1 aliphatic heterocycles. The zero-order valence-corrected chi connectivity index (χ0v) is 11.4. The van der Waals surface area contributed by atoms with Gasteiger partial charge in [0.05, 0.1) is 5.60 Å². The standard InChI is InChI=1S/C14H25BO/c1-8(2)6-14-7-10(5)11(13(15)16-14)12(14)9(3)4/h8-9,11-13H,5-7,15H2,1-4H3/t11?,12-,13+,14?/m0/s1. The summed E-state index contributed by atoms with van der Waals surface area (Å²) in [7, 11) is 2.23. The summed E-state index contributed by atoms with van der Waals surface area (Å²) in [4.78, 5) is 0. The van der Waals surface area contributed by atoms with E-state index in [0.29, 0.717) is 29.7 Å². The number of fused-ring (bicyclic) bond motifs is 2. The maximum Gasteiger partial charge on any atom is 0.140 e.